The number of nitrogens with one attached hydrogen (secondary N) is 1. The largest absolute Gasteiger partial charge is 0.311 e. The summed E-state index contributed by atoms with van der Waals surface area (Å²) in [5, 5.41) is 13.0. The summed E-state index contributed by atoms with van der Waals surface area (Å²) in [6, 6.07) is 3.92. The summed E-state index contributed by atoms with van der Waals surface area (Å²) in [6.07, 6.45) is 9.70. The molecular weight excluding hydrogens is 184 g/mol. The standard InChI is InChI=1S/C13H22N2/c1-2-3-4-7-13(10-14)8-11-5-6-12(9-13)15-11/h11-12,15H,2-9H2,1H3. The van der Waals surface area contributed by atoms with Gasteiger partial charge in [-0.3, -0.25) is 0 Å². The topological polar surface area (TPSA) is 35.8 Å². The lowest BCUT2D eigenvalue weighted by atomic mass is 9.73. The molecule has 0 saturated carbocycles. The van der Waals surface area contributed by atoms with E-state index in [9.17, 15) is 5.26 Å². The molecule has 84 valence electrons. The van der Waals surface area contributed by atoms with Crippen molar-refractivity contribution >= 4 is 0 Å². The molecule has 0 aromatic rings. The highest BCUT2D eigenvalue weighted by Crippen LogP contribution is 2.43. The van der Waals surface area contributed by atoms with Gasteiger partial charge in [-0.15, -0.1) is 0 Å². The number of hydrogen-bond donors (Lipinski definition) is 1. The third-order valence-corrected chi connectivity index (χ3v) is 4.11. The second-order valence-corrected chi connectivity index (χ2v) is 5.40. The van der Waals surface area contributed by atoms with E-state index >= 15 is 0 Å². The van der Waals surface area contributed by atoms with Gasteiger partial charge in [0.1, 0.15) is 0 Å². The number of piperidine rings is 1. The van der Waals surface area contributed by atoms with E-state index in [1.807, 2.05) is 0 Å². The van der Waals surface area contributed by atoms with E-state index in [-0.39, 0.29) is 5.41 Å². The maximum atomic E-state index is 9.43. The fourth-order valence-corrected chi connectivity index (χ4v) is 3.32. The zero-order valence-corrected chi connectivity index (χ0v) is 9.76. The number of hydrogen-bond acceptors (Lipinski definition) is 2. The summed E-state index contributed by atoms with van der Waals surface area (Å²) in [4.78, 5) is 0. The second-order valence-electron chi connectivity index (χ2n) is 5.40. The first-order valence-corrected chi connectivity index (χ1v) is 6.45. The molecule has 2 unspecified atom stereocenters. The molecule has 0 radical (unpaired) electrons. The van der Waals surface area contributed by atoms with Gasteiger partial charge in [-0.25, -0.2) is 0 Å². The molecule has 1 N–H and O–H groups in total. The molecule has 2 nitrogen and oxygen atoms in total. The van der Waals surface area contributed by atoms with Gasteiger partial charge in [-0.1, -0.05) is 26.2 Å². The lowest BCUT2D eigenvalue weighted by molar-refractivity contribution is 0.206. The molecule has 0 spiro atoms. The lowest BCUT2D eigenvalue weighted by Gasteiger charge is -2.36. The van der Waals surface area contributed by atoms with Gasteiger partial charge in [0.2, 0.25) is 0 Å². The Balaban J connectivity index is 1.94. The Labute approximate surface area is 93.0 Å². The minimum absolute atomic E-state index is 0.0201. The molecule has 2 fully saturated rings. The molecule has 2 bridgehead atoms. The molecule has 15 heavy (non-hydrogen) atoms. The smallest absolute Gasteiger partial charge is 0.0690 e. The van der Waals surface area contributed by atoms with E-state index in [0.717, 1.165) is 19.3 Å². The molecule has 0 aliphatic carbocycles. The number of nitriles is 1. The predicted octanol–water partition coefficient (Wildman–Crippen LogP) is 2.99. The van der Waals surface area contributed by atoms with E-state index < -0.39 is 0 Å². The van der Waals surface area contributed by atoms with Gasteiger partial charge in [0.25, 0.3) is 0 Å². The van der Waals surface area contributed by atoms with Crippen LogP contribution in [-0.2, 0) is 0 Å². The van der Waals surface area contributed by atoms with Crippen LogP contribution in [0.5, 0.6) is 0 Å². The maximum Gasteiger partial charge on any atom is 0.0690 e. The average Bonchev–Trinajstić information content (AvgIpc) is 2.59. The van der Waals surface area contributed by atoms with Crippen LogP contribution in [0.1, 0.15) is 58.3 Å². The zero-order valence-electron chi connectivity index (χ0n) is 9.76. The van der Waals surface area contributed by atoms with E-state index in [2.05, 4.69) is 18.3 Å². The number of fused-ring (bicyclic) bond motifs is 2. The van der Waals surface area contributed by atoms with E-state index in [0.29, 0.717) is 12.1 Å². The van der Waals surface area contributed by atoms with Gasteiger partial charge in [-0.2, -0.15) is 5.26 Å². The van der Waals surface area contributed by atoms with Gasteiger partial charge < -0.3 is 5.32 Å². The number of rotatable bonds is 4. The van der Waals surface area contributed by atoms with Crippen LogP contribution >= 0.6 is 0 Å². The monoisotopic (exact) mass is 206 g/mol. The van der Waals surface area contributed by atoms with Crippen molar-refractivity contribution in [1.82, 2.24) is 5.32 Å². The fraction of sp³-hybridized carbons (Fsp3) is 0.923. The highest BCUT2D eigenvalue weighted by molar-refractivity contribution is 5.09. The molecule has 2 atom stereocenters. The van der Waals surface area contributed by atoms with Crippen molar-refractivity contribution in [2.24, 2.45) is 5.41 Å². The number of unbranched alkanes of at least 4 members (excludes halogenated alkanes) is 2. The van der Waals surface area contributed by atoms with Crippen LogP contribution in [0, 0.1) is 16.7 Å². The van der Waals surface area contributed by atoms with Gasteiger partial charge in [0.15, 0.2) is 0 Å². The summed E-state index contributed by atoms with van der Waals surface area (Å²) in [6.45, 7) is 2.23. The molecule has 2 aliphatic rings. The molecule has 0 aromatic carbocycles. The highest BCUT2D eigenvalue weighted by Gasteiger charge is 2.43. The summed E-state index contributed by atoms with van der Waals surface area (Å²) >= 11 is 0. The molecule has 2 heterocycles. The lowest BCUT2D eigenvalue weighted by Crippen LogP contribution is -2.43. The predicted molar refractivity (Wildman–Crippen MR) is 61.4 cm³/mol. The minimum Gasteiger partial charge on any atom is -0.311 e. The Hall–Kier alpha value is -0.550. The van der Waals surface area contributed by atoms with Crippen molar-refractivity contribution in [2.45, 2.75) is 70.4 Å². The zero-order chi connectivity index (χ0) is 10.7. The Morgan fingerprint density at radius 3 is 2.47 bits per heavy atom. The van der Waals surface area contributed by atoms with Crippen LogP contribution in [-0.4, -0.2) is 12.1 Å². The highest BCUT2D eigenvalue weighted by atomic mass is 15.0. The second kappa shape index (κ2) is 4.53. The quantitative estimate of drug-likeness (QED) is 0.718. The van der Waals surface area contributed by atoms with Gasteiger partial charge in [-0.05, 0) is 32.1 Å². The maximum absolute atomic E-state index is 9.43. The fourth-order valence-electron chi connectivity index (χ4n) is 3.32. The Bertz CT molecular complexity index is 242. The molecule has 0 aromatic heterocycles. The summed E-state index contributed by atoms with van der Waals surface area (Å²) in [5.74, 6) is 0. The Kier molecular flexibility index (Phi) is 3.31. The van der Waals surface area contributed by atoms with Gasteiger partial charge in [0.05, 0.1) is 11.5 Å². The average molecular weight is 206 g/mol. The van der Waals surface area contributed by atoms with Crippen LogP contribution < -0.4 is 5.32 Å². The van der Waals surface area contributed by atoms with Crippen LogP contribution in [0.25, 0.3) is 0 Å². The molecule has 0 amide bonds. The molecule has 2 aliphatic heterocycles. The van der Waals surface area contributed by atoms with Crippen molar-refractivity contribution in [3.8, 4) is 6.07 Å². The minimum atomic E-state index is 0.0201. The van der Waals surface area contributed by atoms with Gasteiger partial charge >= 0.3 is 0 Å². The van der Waals surface area contributed by atoms with Crippen molar-refractivity contribution in [1.29, 1.82) is 5.26 Å². The Morgan fingerprint density at radius 2 is 1.93 bits per heavy atom. The first kappa shape index (κ1) is 11.0. The molecule has 2 rings (SSSR count). The van der Waals surface area contributed by atoms with E-state index in [1.54, 1.807) is 0 Å². The molecular formula is C13H22N2. The molecule has 2 heteroatoms. The van der Waals surface area contributed by atoms with Crippen LogP contribution in [0.3, 0.4) is 0 Å². The van der Waals surface area contributed by atoms with Crippen LogP contribution in [0.15, 0.2) is 0 Å². The van der Waals surface area contributed by atoms with Crippen molar-refractivity contribution < 1.29 is 0 Å². The number of nitrogens with zero attached hydrogens (tertiary/aromatic N) is 1. The van der Waals surface area contributed by atoms with Crippen LogP contribution in [0.2, 0.25) is 0 Å². The third-order valence-electron chi connectivity index (χ3n) is 4.11. The summed E-state index contributed by atoms with van der Waals surface area (Å²) in [5.41, 5.74) is 0.0201. The summed E-state index contributed by atoms with van der Waals surface area (Å²) in [7, 11) is 0. The Morgan fingerprint density at radius 1 is 1.27 bits per heavy atom. The van der Waals surface area contributed by atoms with Crippen molar-refractivity contribution in [3.05, 3.63) is 0 Å². The first-order valence-electron chi connectivity index (χ1n) is 6.45. The third kappa shape index (κ3) is 2.34. The van der Waals surface area contributed by atoms with E-state index in [4.69, 9.17) is 0 Å². The van der Waals surface area contributed by atoms with Crippen molar-refractivity contribution in [2.75, 3.05) is 0 Å². The van der Waals surface area contributed by atoms with Gasteiger partial charge in [0, 0.05) is 12.1 Å². The van der Waals surface area contributed by atoms with E-state index in [1.165, 1.54) is 32.1 Å². The normalized spacial score (nSPS) is 38.9. The molecule has 2 saturated heterocycles. The van der Waals surface area contributed by atoms with Crippen molar-refractivity contribution in [3.63, 3.8) is 0 Å². The first-order chi connectivity index (χ1) is 7.28. The SMILES string of the molecule is CCCCCC1(C#N)CC2CCC(C1)N2. The van der Waals surface area contributed by atoms with Crippen LogP contribution in [0.4, 0.5) is 0 Å². The summed E-state index contributed by atoms with van der Waals surface area (Å²) < 4.78 is 0.